The van der Waals surface area contributed by atoms with E-state index < -0.39 is 11.8 Å². The van der Waals surface area contributed by atoms with E-state index in [2.05, 4.69) is 22.8 Å². The van der Waals surface area contributed by atoms with Gasteiger partial charge in [0, 0.05) is 26.3 Å². The lowest BCUT2D eigenvalue weighted by Crippen LogP contribution is -2.38. The number of carbonyl (C=O) groups excluding carboxylic acids is 2. The molecular weight excluding hydrogens is 332 g/mol. The van der Waals surface area contributed by atoms with Crippen LogP contribution in [0.25, 0.3) is 11.0 Å². The van der Waals surface area contributed by atoms with Gasteiger partial charge in [-0.15, -0.1) is 0 Å². The Morgan fingerprint density at radius 2 is 1.85 bits per heavy atom. The zero-order valence-electron chi connectivity index (χ0n) is 14.9. The molecule has 1 aromatic heterocycles. The van der Waals surface area contributed by atoms with Gasteiger partial charge in [-0.2, -0.15) is 0 Å². The van der Waals surface area contributed by atoms with Crippen LogP contribution in [0.4, 0.5) is 5.69 Å². The third-order valence-corrected chi connectivity index (χ3v) is 5.68. The highest BCUT2D eigenvalue weighted by molar-refractivity contribution is 6.39. The number of amides is 2. The normalized spacial score (nSPS) is 23.5. The molecule has 7 heteroatoms. The molecule has 0 aliphatic heterocycles. The second-order valence-corrected chi connectivity index (χ2v) is 7.31. The lowest BCUT2D eigenvalue weighted by molar-refractivity contribution is -0.136. The molecule has 0 spiro atoms. The van der Waals surface area contributed by atoms with Crippen molar-refractivity contribution in [1.29, 1.82) is 0 Å². The molecule has 0 unspecified atom stereocenters. The average molecular weight is 354 g/mol. The van der Waals surface area contributed by atoms with E-state index in [-0.39, 0.29) is 5.69 Å². The van der Waals surface area contributed by atoms with Gasteiger partial charge in [0.25, 0.3) is 0 Å². The van der Waals surface area contributed by atoms with Crippen LogP contribution in [0.3, 0.4) is 0 Å². The fourth-order valence-electron chi connectivity index (χ4n) is 4.21. The number of anilines is 1. The van der Waals surface area contributed by atoms with Gasteiger partial charge in [-0.25, -0.2) is 4.79 Å². The standard InChI is InChI=1S/C19H22N4O3/c1-22-15-6-5-14(9-16(15)23(2)19(22)26)21-18(25)17(24)20-10-13-8-11-3-4-12(13)7-11/h3-6,9,11-13H,7-8,10H2,1-2H3,(H,20,24)(H,21,25)/t11-,12-,13-/m0/s1. The summed E-state index contributed by atoms with van der Waals surface area (Å²) in [4.78, 5) is 36.2. The van der Waals surface area contributed by atoms with Crippen LogP contribution >= 0.6 is 0 Å². The molecule has 1 aromatic carbocycles. The van der Waals surface area contributed by atoms with Crippen molar-refractivity contribution in [2.24, 2.45) is 31.8 Å². The Kier molecular flexibility index (Phi) is 3.94. The second-order valence-electron chi connectivity index (χ2n) is 7.31. The molecular formula is C19H22N4O3. The average Bonchev–Trinajstić information content (AvgIpc) is 3.31. The van der Waals surface area contributed by atoms with Gasteiger partial charge < -0.3 is 10.6 Å². The number of imidazole rings is 1. The van der Waals surface area contributed by atoms with Crippen LogP contribution in [-0.2, 0) is 23.7 Å². The lowest BCUT2D eigenvalue weighted by atomic mass is 9.94. The molecule has 136 valence electrons. The van der Waals surface area contributed by atoms with Crippen LogP contribution in [0, 0.1) is 17.8 Å². The van der Waals surface area contributed by atoms with Crippen molar-refractivity contribution in [2.45, 2.75) is 12.8 Å². The van der Waals surface area contributed by atoms with Crippen LogP contribution in [0.15, 0.2) is 35.1 Å². The van der Waals surface area contributed by atoms with E-state index in [4.69, 9.17) is 0 Å². The number of nitrogens with one attached hydrogen (secondary N) is 2. The van der Waals surface area contributed by atoms with E-state index in [0.29, 0.717) is 35.5 Å². The summed E-state index contributed by atoms with van der Waals surface area (Å²) in [5.41, 5.74) is 1.82. The third-order valence-electron chi connectivity index (χ3n) is 5.68. The smallest absolute Gasteiger partial charge is 0.328 e. The Morgan fingerprint density at radius 1 is 1.08 bits per heavy atom. The molecule has 7 nitrogen and oxygen atoms in total. The van der Waals surface area contributed by atoms with E-state index in [9.17, 15) is 14.4 Å². The molecule has 2 N–H and O–H groups in total. The van der Waals surface area contributed by atoms with Crippen molar-refractivity contribution in [1.82, 2.24) is 14.5 Å². The van der Waals surface area contributed by atoms with Gasteiger partial charge in [-0.05, 0) is 48.8 Å². The second kappa shape index (κ2) is 6.16. The number of aromatic nitrogens is 2. The summed E-state index contributed by atoms with van der Waals surface area (Å²) in [6.07, 6.45) is 6.73. The summed E-state index contributed by atoms with van der Waals surface area (Å²) >= 11 is 0. The van der Waals surface area contributed by atoms with Gasteiger partial charge in [0.1, 0.15) is 0 Å². The molecule has 2 aliphatic rings. The molecule has 0 radical (unpaired) electrons. The van der Waals surface area contributed by atoms with Gasteiger partial charge in [0.15, 0.2) is 0 Å². The van der Waals surface area contributed by atoms with Crippen molar-refractivity contribution in [3.8, 4) is 0 Å². The maximum atomic E-state index is 12.2. The number of carbonyl (C=O) groups is 2. The van der Waals surface area contributed by atoms with Crippen molar-refractivity contribution in [3.63, 3.8) is 0 Å². The topological polar surface area (TPSA) is 85.1 Å². The fraction of sp³-hybridized carbons (Fsp3) is 0.421. The molecule has 1 saturated carbocycles. The number of benzene rings is 1. The molecule has 1 heterocycles. The summed E-state index contributed by atoms with van der Waals surface area (Å²) in [6.45, 7) is 0.532. The first-order valence-corrected chi connectivity index (χ1v) is 8.87. The third kappa shape index (κ3) is 2.73. The molecule has 0 saturated heterocycles. The Hall–Kier alpha value is -2.83. The highest BCUT2D eigenvalue weighted by Crippen LogP contribution is 2.42. The minimum atomic E-state index is -0.691. The van der Waals surface area contributed by atoms with Crippen LogP contribution in [0.1, 0.15) is 12.8 Å². The highest BCUT2D eigenvalue weighted by Gasteiger charge is 2.35. The minimum absolute atomic E-state index is 0.138. The summed E-state index contributed by atoms with van der Waals surface area (Å²) in [7, 11) is 3.37. The quantitative estimate of drug-likeness (QED) is 0.640. The minimum Gasteiger partial charge on any atom is -0.348 e. The number of rotatable bonds is 3. The predicted octanol–water partition coefficient (Wildman–Crippen LogP) is 1.14. The molecule has 26 heavy (non-hydrogen) atoms. The van der Waals surface area contributed by atoms with Crippen LogP contribution in [-0.4, -0.2) is 27.5 Å². The first kappa shape index (κ1) is 16.6. The van der Waals surface area contributed by atoms with Crippen molar-refractivity contribution < 1.29 is 9.59 Å². The molecule has 2 aromatic rings. The largest absolute Gasteiger partial charge is 0.348 e. The summed E-state index contributed by atoms with van der Waals surface area (Å²) in [6, 6.07) is 5.14. The lowest BCUT2D eigenvalue weighted by Gasteiger charge is -2.18. The van der Waals surface area contributed by atoms with E-state index in [0.717, 1.165) is 11.9 Å². The zero-order chi connectivity index (χ0) is 18.4. The fourth-order valence-corrected chi connectivity index (χ4v) is 4.21. The summed E-state index contributed by atoms with van der Waals surface area (Å²) < 4.78 is 3.05. The van der Waals surface area contributed by atoms with Gasteiger partial charge >= 0.3 is 17.5 Å². The number of nitrogens with zero attached hydrogens (tertiary/aromatic N) is 2. The number of allylic oxidation sites excluding steroid dienone is 2. The first-order chi connectivity index (χ1) is 12.4. The number of fused-ring (bicyclic) bond motifs is 3. The van der Waals surface area contributed by atoms with Gasteiger partial charge in [0.2, 0.25) is 0 Å². The molecule has 2 aliphatic carbocycles. The van der Waals surface area contributed by atoms with E-state index in [1.165, 1.54) is 15.6 Å². The van der Waals surface area contributed by atoms with Crippen molar-refractivity contribution >= 4 is 28.5 Å². The van der Waals surface area contributed by atoms with Gasteiger partial charge in [-0.3, -0.25) is 18.7 Å². The number of aryl methyl sites for hydroxylation is 2. The SMILES string of the molecule is Cn1c(=O)n(C)c2cc(NC(=O)C(=O)NC[C@@H]3C[C@H]4C=C[C@H]3C4)ccc21. The van der Waals surface area contributed by atoms with Crippen molar-refractivity contribution in [2.75, 3.05) is 11.9 Å². The Bertz CT molecular complexity index is 985. The van der Waals surface area contributed by atoms with Gasteiger partial charge in [0.05, 0.1) is 11.0 Å². The van der Waals surface area contributed by atoms with E-state index in [1.54, 1.807) is 32.3 Å². The number of hydrogen-bond donors (Lipinski definition) is 2. The van der Waals surface area contributed by atoms with E-state index in [1.807, 2.05) is 0 Å². The molecule has 4 rings (SSSR count). The first-order valence-electron chi connectivity index (χ1n) is 8.87. The Morgan fingerprint density at radius 3 is 2.54 bits per heavy atom. The zero-order valence-corrected chi connectivity index (χ0v) is 14.9. The predicted molar refractivity (Wildman–Crippen MR) is 98.6 cm³/mol. The molecule has 2 bridgehead atoms. The van der Waals surface area contributed by atoms with Gasteiger partial charge in [-0.1, -0.05) is 12.2 Å². The summed E-state index contributed by atoms with van der Waals surface area (Å²) in [5, 5.41) is 5.36. The Balaban J connectivity index is 1.40. The van der Waals surface area contributed by atoms with E-state index >= 15 is 0 Å². The number of hydrogen-bond acceptors (Lipinski definition) is 3. The van der Waals surface area contributed by atoms with Crippen molar-refractivity contribution in [3.05, 3.63) is 40.8 Å². The molecule has 3 atom stereocenters. The maximum absolute atomic E-state index is 12.2. The molecule has 1 fully saturated rings. The van der Waals surface area contributed by atoms with Crippen LogP contribution < -0.4 is 16.3 Å². The van der Waals surface area contributed by atoms with Crippen LogP contribution in [0.2, 0.25) is 0 Å². The van der Waals surface area contributed by atoms with Crippen LogP contribution in [0.5, 0.6) is 0 Å². The highest BCUT2D eigenvalue weighted by atomic mass is 16.2. The Labute approximate surface area is 150 Å². The monoisotopic (exact) mass is 354 g/mol. The summed E-state index contributed by atoms with van der Waals surface area (Å²) in [5.74, 6) is 0.282. The molecule has 2 amide bonds. The maximum Gasteiger partial charge on any atom is 0.328 e.